The molecule has 1 aromatic rings. The average molecular weight is 314 g/mol. The summed E-state index contributed by atoms with van der Waals surface area (Å²) in [5, 5.41) is 11.2. The number of halogens is 1. The number of carbonyl (C=O) groups is 1. The van der Waals surface area contributed by atoms with Gasteiger partial charge in [-0.15, -0.1) is 0 Å². The molecule has 7 heteroatoms. The summed E-state index contributed by atoms with van der Waals surface area (Å²) in [5.41, 5.74) is 6.03. The molecule has 0 fully saturated rings. The first-order valence-corrected chi connectivity index (χ1v) is 6.85. The van der Waals surface area contributed by atoms with Crippen LogP contribution in [-0.2, 0) is 11.3 Å². The first kappa shape index (κ1) is 17.4. The highest BCUT2D eigenvalue weighted by atomic mass is 35.5. The van der Waals surface area contributed by atoms with Crippen molar-refractivity contribution in [1.29, 1.82) is 0 Å². The molecule has 0 aliphatic carbocycles. The second-order valence-corrected chi connectivity index (χ2v) is 6.48. The minimum absolute atomic E-state index is 0.0598. The summed E-state index contributed by atoms with van der Waals surface area (Å²) in [4.78, 5) is 24.0. The third kappa shape index (κ3) is 4.41. The highest BCUT2D eigenvalue weighted by Gasteiger charge is 2.30. The number of rotatable bonds is 4. The molecule has 2 N–H and O–H groups in total. The van der Waals surface area contributed by atoms with Gasteiger partial charge in [-0.25, -0.2) is 0 Å². The van der Waals surface area contributed by atoms with Gasteiger partial charge in [0.05, 0.1) is 11.0 Å². The van der Waals surface area contributed by atoms with E-state index in [-0.39, 0.29) is 23.6 Å². The van der Waals surface area contributed by atoms with Crippen LogP contribution in [0.1, 0.15) is 26.3 Å². The number of hydrogen-bond acceptors (Lipinski definition) is 4. The molecule has 1 rings (SSSR count). The van der Waals surface area contributed by atoms with Gasteiger partial charge >= 0.3 is 0 Å². The Kier molecular flexibility index (Phi) is 5.31. The molecule has 0 saturated carbocycles. The molecule has 0 aromatic heterocycles. The van der Waals surface area contributed by atoms with E-state index < -0.39 is 11.0 Å². The molecule has 0 unspecified atom stereocenters. The van der Waals surface area contributed by atoms with Crippen molar-refractivity contribution in [1.82, 2.24) is 4.90 Å². The van der Waals surface area contributed by atoms with Gasteiger partial charge in [0.2, 0.25) is 5.91 Å². The number of likely N-dealkylation sites (N-methyl/N-ethyl adjacent to an activating group) is 1. The molecular formula is C14H20ClN3O3. The van der Waals surface area contributed by atoms with Gasteiger partial charge < -0.3 is 10.6 Å². The maximum Gasteiger partial charge on any atom is 0.269 e. The maximum atomic E-state index is 12.2. The van der Waals surface area contributed by atoms with Gasteiger partial charge in [0, 0.05) is 30.7 Å². The summed E-state index contributed by atoms with van der Waals surface area (Å²) in [6, 6.07) is 3.50. The molecule has 0 heterocycles. The summed E-state index contributed by atoms with van der Waals surface area (Å²) in [6.07, 6.45) is 0. The van der Waals surface area contributed by atoms with Crippen LogP contribution in [0.3, 0.4) is 0 Å². The molecule has 21 heavy (non-hydrogen) atoms. The third-order valence-corrected chi connectivity index (χ3v) is 3.59. The standard InChI is InChI=1S/C14H20ClN3O3/c1-14(2,3)12(16)13(19)17(4)8-9-7-10(18(20)21)5-6-11(9)15/h5-7,12H,8,16H2,1-4H3/t12-/m1/s1. The van der Waals surface area contributed by atoms with Crippen LogP contribution in [0.25, 0.3) is 0 Å². The lowest BCUT2D eigenvalue weighted by molar-refractivity contribution is -0.384. The fourth-order valence-corrected chi connectivity index (χ4v) is 1.91. The lowest BCUT2D eigenvalue weighted by Crippen LogP contribution is -2.48. The highest BCUT2D eigenvalue weighted by Crippen LogP contribution is 2.24. The van der Waals surface area contributed by atoms with E-state index in [0.29, 0.717) is 10.6 Å². The van der Waals surface area contributed by atoms with Gasteiger partial charge in [-0.05, 0) is 17.0 Å². The van der Waals surface area contributed by atoms with E-state index in [1.807, 2.05) is 20.8 Å². The Morgan fingerprint density at radius 3 is 2.52 bits per heavy atom. The number of nitro groups is 1. The minimum Gasteiger partial charge on any atom is -0.340 e. The van der Waals surface area contributed by atoms with Crippen molar-refractivity contribution in [3.63, 3.8) is 0 Å². The molecule has 0 bridgehead atoms. The minimum atomic E-state index is -0.653. The summed E-state index contributed by atoms with van der Waals surface area (Å²) in [6.45, 7) is 5.81. The number of benzene rings is 1. The van der Waals surface area contributed by atoms with Crippen molar-refractivity contribution in [2.24, 2.45) is 11.1 Å². The second-order valence-electron chi connectivity index (χ2n) is 6.07. The molecule has 6 nitrogen and oxygen atoms in total. The van der Waals surface area contributed by atoms with E-state index in [9.17, 15) is 14.9 Å². The first-order chi connectivity index (χ1) is 9.54. The number of nitrogens with two attached hydrogens (primary N) is 1. The van der Waals surface area contributed by atoms with Crippen LogP contribution in [0, 0.1) is 15.5 Å². The summed E-state index contributed by atoms with van der Waals surface area (Å²) in [5.74, 6) is -0.231. The van der Waals surface area contributed by atoms with Gasteiger partial charge in [-0.3, -0.25) is 14.9 Å². The number of non-ortho nitro benzene ring substituents is 1. The molecule has 1 aromatic carbocycles. The smallest absolute Gasteiger partial charge is 0.269 e. The van der Waals surface area contributed by atoms with Crippen LogP contribution in [0.5, 0.6) is 0 Å². The lowest BCUT2D eigenvalue weighted by Gasteiger charge is -2.30. The summed E-state index contributed by atoms with van der Waals surface area (Å²) < 4.78 is 0. The number of nitrogens with zero attached hydrogens (tertiary/aromatic N) is 2. The van der Waals surface area contributed by atoms with Crippen molar-refractivity contribution < 1.29 is 9.72 Å². The Morgan fingerprint density at radius 2 is 2.05 bits per heavy atom. The highest BCUT2D eigenvalue weighted by molar-refractivity contribution is 6.31. The van der Waals surface area contributed by atoms with Crippen LogP contribution in [0.15, 0.2) is 18.2 Å². The van der Waals surface area contributed by atoms with Gasteiger partial charge in [0.15, 0.2) is 0 Å². The lowest BCUT2D eigenvalue weighted by atomic mass is 9.86. The van der Waals surface area contributed by atoms with Crippen molar-refractivity contribution in [3.05, 3.63) is 38.9 Å². The fourth-order valence-electron chi connectivity index (χ4n) is 1.74. The third-order valence-electron chi connectivity index (χ3n) is 3.22. The van der Waals surface area contributed by atoms with E-state index in [4.69, 9.17) is 17.3 Å². The zero-order valence-electron chi connectivity index (χ0n) is 12.6. The molecule has 0 aliphatic rings. The van der Waals surface area contributed by atoms with E-state index in [1.54, 1.807) is 7.05 Å². The predicted octanol–water partition coefficient (Wildman–Crippen LogP) is 2.58. The van der Waals surface area contributed by atoms with Crippen LogP contribution in [-0.4, -0.2) is 28.8 Å². The van der Waals surface area contributed by atoms with E-state index >= 15 is 0 Å². The molecule has 0 spiro atoms. The Balaban J connectivity index is 2.93. The molecule has 116 valence electrons. The Morgan fingerprint density at radius 1 is 1.48 bits per heavy atom. The van der Waals surface area contributed by atoms with Gasteiger partial charge in [-0.1, -0.05) is 32.4 Å². The SMILES string of the molecule is CN(Cc1cc([N+](=O)[O-])ccc1Cl)C(=O)[C@@H](N)C(C)(C)C. The largest absolute Gasteiger partial charge is 0.340 e. The maximum absolute atomic E-state index is 12.2. The number of carbonyl (C=O) groups excluding carboxylic acids is 1. The van der Waals surface area contributed by atoms with Gasteiger partial charge in [0.25, 0.3) is 5.69 Å². The second kappa shape index (κ2) is 6.41. The quantitative estimate of drug-likeness (QED) is 0.683. The van der Waals surface area contributed by atoms with E-state index in [2.05, 4.69) is 0 Å². The van der Waals surface area contributed by atoms with Crippen molar-refractivity contribution in [2.75, 3.05) is 7.05 Å². The molecular weight excluding hydrogens is 294 g/mol. The molecule has 1 atom stereocenters. The van der Waals surface area contributed by atoms with Crippen LogP contribution in [0.4, 0.5) is 5.69 Å². The van der Waals surface area contributed by atoms with E-state index in [1.165, 1.54) is 23.1 Å². The molecule has 0 radical (unpaired) electrons. The Bertz CT molecular complexity index is 555. The summed E-state index contributed by atoms with van der Waals surface area (Å²) in [7, 11) is 1.60. The topological polar surface area (TPSA) is 89.5 Å². The average Bonchev–Trinajstić information content (AvgIpc) is 2.38. The van der Waals surface area contributed by atoms with Crippen molar-refractivity contribution in [3.8, 4) is 0 Å². The number of hydrogen-bond donors (Lipinski definition) is 1. The van der Waals surface area contributed by atoms with Crippen molar-refractivity contribution in [2.45, 2.75) is 33.4 Å². The zero-order valence-corrected chi connectivity index (χ0v) is 13.3. The van der Waals surface area contributed by atoms with Crippen LogP contribution in [0.2, 0.25) is 5.02 Å². The Hall–Kier alpha value is -1.66. The number of amides is 1. The van der Waals surface area contributed by atoms with Crippen LogP contribution >= 0.6 is 11.6 Å². The monoisotopic (exact) mass is 313 g/mol. The number of nitro benzene ring substituents is 1. The fraction of sp³-hybridized carbons (Fsp3) is 0.500. The summed E-state index contributed by atoms with van der Waals surface area (Å²) >= 11 is 6.03. The zero-order chi connectivity index (χ0) is 16.4. The molecule has 0 aliphatic heterocycles. The first-order valence-electron chi connectivity index (χ1n) is 6.47. The molecule has 1 amide bonds. The molecule has 0 saturated heterocycles. The Labute approximate surface area is 129 Å². The van der Waals surface area contributed by atoms with E-state index in [0.717, 1.165) is 0 Å². The van der Waals surface area contributed by atoms with Crippen LogP contribution < -0.4 is 5.73 Å². The predicted molar refractivity (Wildman–Crippen MR) is 82.0 cm³/mol. The van der Waals surface area contributed by atoms with Gasteiger partial charge in [-0.2, -0.15) is 0 Å². The van der Waals surface area contributed by atoms with Crippen molar-refractivity contribution >= 4 is 23.2 Å². The normalized spacial score (nSPS) is 12.9. The van der Waals surface area contributed by atoms with Gasteiger partial charge in [0.1, 0.15) is 0 Å².